The molecule has 1 aliphatic carbocycles. The van der Waals surface area contributed by atoms with E-state index in [4.69, 9.17) is 16.3 Å². The standard InChI is InChI=1S/C21H23ClN2O5S/c1-29-16-3-5-17(6-4-16)30(27,28)24-9-8-14(11-24)19-12-23(13-21(25)26)20-7-2-15(22)10-18(19)20/h2-5,7,10,12,14,17H,6,8-9,11,13H2,1H3,(H,25,26). The van der Waals surface area contributed by atoms with Crippen LogP contribution < -0.4 is 0 Å². The van der Waals surface area contributed by atoms with Gasteiger partial charge >= 0.3 is 5.97 Å². The summed E-state index contributed by atoms with van der Waals surface area (Å²) in [6.45, 7) is 0.643. The lowest BCUT2D eigenvalue weighted by Gasteiger charge is -2.23. The molecule has 2 aromatic rings. The van der Waals surface area contributed by atoms with Crippen molar-refractivity contribution in [2.75, 3.05) is 20.2 Å². The second-order valence-electron chi connectivity index (χ2n) is 7.60. The second kappa shape index (κ2) is 8.09. The number of hydrogen-bond donors (Lipinski definition) is 1. The van der Waals surface area contributed by atoms with Crippen LogP contribution in [0.15, 0.2) is 48.4 Å². The van der Waals surface area contributed by atoms with Gasteiger partial charge in [0, 0.05) is 41.1 Å². The number of halogens is 1. The summed E-state index contributed by atoms with van der Waals surface area (Å²) < 4.78 is 34.6. The largest absolute Gasteiger partial charge is 0.497 e. The first-order chi connectivity index (χ1) is 14.3. The first-order valence-electron chi connectivity index (χ1n) is 9.71. The molecule has 7 nitrogen and oxygen atoms in total. The van der Waals surface area contributed by atoms with Crippen molar-refractivity contribution < 1.29 is 23.1 Å². The van der Waals surface area contributed by atoms with Crippen molar-refractivity contribution in [3.05, 3.63) is 59.0 Å². The molecule has 2 atom stereocenters. The lowest BCUT2D eigenvalue weighted by atomic mass is 9.98. The minimum Gasteiger partial charge on any atom is -0.497 e. The smallest absolute Gasteiger partial charge is 0.323 e. The highest BCUT2D eigenvalue weighted by atomic mass is 35.5. The number of benzene rings is 1. The van der Waals surface area contributed by atoms with Crippen molar-refractivity contribution in [2.45, 2.75) is 30.6 Å². The van der Waals surface area contributed by atoms with Crippen LogP contribution in [-0.2, 0) is 26.1 Å². The molecule has 2 unspecified atom stereocenters. The number of carboxylic acids is 1. The first kappa shape index (κ1) is 21.0. The summed E-state index contributed by atoms with van der Waals surface area (Å²) >= 11 is 6.18. The van der Waals surface area contributed by atoms with Crippen LogP contribution >= 0.6 is 11.6 Å². The number of sulfonamides is 1. The van der Waals surface area contributed by atoms with Gasteiger partial charge in [-0.3, -0.25) is 4.79 Å². The molecule has 0 spiro atoms. The summed E-state index contributed by atoms with van der Waals surface area (Å²) in [6.07, 6.45) is 8.05. The minimum absolute atomic E-state index is 0.0200. The van der Waals surface area contributed by atoms with Crippen molar-refractivity contribution in [3.63, 3.8) is 0 Å². The van der Waals surface area contributed by atoms with Gasteiger partial charge in [-0.15, -0.1) is 0 Å². The SMILES string of the molecule is COC1=CCC(S(=O)(=O)N2CCC(c3cn(CC(=O)O)c4ccc(Cl)cc34)C2)C=C1. The number of ether oxygens (including phenoxy) is 1. The highest BCUT2D eigenvalue weighted by Gasteiger charge is 2.37. The zero-order chi connectivity index (χ0) is 21.5. The number of nitrogens with zero attached hydrogens (tertiary/aromatic N) is 2. The number of hydrogen-bond acceptors (Lipinski definition) is 4. The van der Waals surface area contributed by atoms with Crippen LogP contribution in [0.3, 0.4) is 0 Å². The number of fused-ring (bicyclic) bond motifs is 1. The number of carboxylic acid groups (broad SMARTS) is 1. The van der Waals surface area contributed by atoms with Gasteiger partial charge in [-0.25, -0.2) is 12.7 Å². The second-order valence-corrected chi connectivity index (χ2v) is 10.2. The predicted octanol–water partition coefficient (Wildman–Crippen LogP) is 3.36. The quantitative estimate of drug-likeness (QED) is 0.729. The Bertz CT molecular complexity index is 1150. The van der Waals surface area contributed by atoms with E-state index in [1.165, 1.54) is 0 Å². The molecule has 2 heterocycles. The zero-order valence-electron chi connectivity index (χ0n) is 16.5. The van der Waals surface area contributed by atoms with E-state index >= 15 is 0 Å². The van der Waals surface area contributed by atoms with Crippen LogP contribution in [0.2, 0.25) is 5.02 Å². The molecule has 1 saturated heterocycles. The number of rotatable bonds is 6. The van der Waals surface area contributed by atoms with Crippen molar-refractivity contribution in [2.24, 2.45) is 0 Å². The Labute approximate surface area is 180 Å². The molecule has 4 rings (SSSR count). The molecule has 1 fully saturated rings. The van der Waals surface area contributed by atoms with Gasteiger partial charge in [-0.05, 0) is 48.8 Å². The highest BCUT2D eigenvalue weighted by Crippen LogP contribution is 2.37. The lowest BCUT2D eigenvalue weighted by molar-refractivity contribution is -0.137. The highest BCUT2D eigenvalue weighted by molar-refractivity contribution is 7.89. The maximum atomic E-state index is 13.1. The van der Waals surface area contributed by atoms with Gasteiger partial charge in [0.1, 0.15) is 12.3 Å². The zero-order valence-corrected chi connectivity index (χ0v) is 18.1. The number of aromatic nitrogens is 1. The fraction of sp³-hybridized carbons (Fsp3) is 0.381. The maximum absolute atomic E-state index is 13.1. The summed E-state index contributed by atoms with van der Waals surface area (Å²) in [7, 11) is -1.93. The average Bonchev–Trinajstić information content (AvgIpc) is 3.33. The molecule has 1 aromatic carbocycles. The van der Waals surface area contributed by atoms with E-state index in [2.05, 4.69) is 0 Å². The topological polar surface area (TPSA) is 88.8 Å². The molecule has 0 amide bonds. The third-order valence-electron chi connectivity index (χ3n) is 5.78. The molecular weight excluding hydrogens is 428 g/mol. The van der Waals surface area contributed by atoms with Gasteiger partial charge in [0.25, 0.3) is 0 Å². The van der Waals surface area contributed by atoms with Crippen molar-refractivity contribution in [1.82, 2.24) is 8.87 Å². The third kappa shape index (κ3) is 3.87. The van der Waals surface area contributed by atoms with E-state index in [1.807, 2.05) is 12.3 Å². The van der Waals surface area contributed by atoms with Crippen LogP contribution in [0.25, 0.3) is 10.9 Å². The van der Waals surface area contributed by atoms with E-state index in [9.17, 15) is 18.3 Å². The molecule has 1 N–H and O–H groups in total. The van der Waals surface area contributed by atoms with Gasteiger partial charge in [0.15, 0.2) is 0 Å². The van der Waals surface area contributed by atoms with Crippen LogP contribution in [0.5, 0.6) is 0 Å². The molecular formula is C21H23ClN2O5S. The molecule has 1 aliphatic heterocycles. The molecule has 0 bridgehead atoms. The molecule has 160 valence electrons. The van der Waals surface area contributed by atoms with Gasteiger partial charge in [-0.1, -0.05) is 17.7 Å². The van der Waals surface area contributed by atoms with E-state index < -0.39 is 21.2 Å². The lowest BCUT2D eigenvalue weighted by Crippen LogP contribution is -2.36. The van der Waals surface area contributed by atoms with Crippen LogP contribution in [0, 0.1) is 0 Å². The van der Waals surface area contributed by atoms with Crippen molar-refractivity contribution >= 4 is 38.5 Å². The summed E-state index contributed by atoms with van der Waals surface area (Å²) in [5.41, 5.74) is 1.72. The summed E-state index contributed by atoms with van der Waals surface area (Å²) in [5.74, 6) is -0.283. The number of carbonyl (C=O) groups is 1. The third-order valence-corrected chi connectivity index (χ3v) is 8.18. The van der Waals surface area contributed by atoms with Crippen molar-refractivity contribution in [3.8, 4) is 0 Å². The summed E-state index contributed by atoms with van der Waals surface area (Å²) in [4.78, 5) is 11.3. The molecule has 1 aromatic heterocycles. The average molecular weight is 451 g/mol. The Kier molecular flexibility index (Phi) is 5.65. The summed E-state index contributed by atoms with van der Waals surface area (Å²) in [5, 5.41) is 10.1. The Morgan fingerprint density at radius 3 is 2.83 bits per heavy atom. The molecule has 2 aliphatic rings. The van der Waals surface area contributed by atoms with Crippen LogP contribution in [0.4, 0.5) is 0 Å². The van der Waals surface area contributed by atoms with Gasteiger partial charge in [0.2, 0.25) is 10.0 Å². The van der Waals surface area contributed by atoms with E-state index in [0.717, 1.165) is 16.5 Å². The van der Waals surface area contributed by atoms with Crippen molar-refractivity contribution in [1.29, 1.82) is 0 Å². The Morgan fingerprint density at radius 1 is 1.37 bits per heavy atom. The monoisotopic (exact) mass is 450 g/mol. The molecule has 30 heavy (non-hydrogen) atoms. The van der Waals surface area contributed by atoms with E-state index in [1.54, 1.807) is 46.3 Å². The number of methoxy groups -OCH3 is 1. The van der Waals surface area contributed by atoms with E-state index in [0.29, 0.717) is 36.7 Å². The normalized spacial score (nSPS) is 22.4. The maximum Gasteiger partial charge on any atom is 0.323 e. The Hall–Kier alpha value is -2.29. The van der Waals surface area contributed by atoms with E-state index in [-0.39, 0.29) is 12.5 Å². The van der Waals surface area contributed by atoms with Crippen LogP contribution in [-0.4, -0.2) is 53.8 Å². The first-order valence-corrected chi connectivity index (χ1v) is 11.6. The minimum atomic E-state index is -3.49. The molecule has 0 saturated carbocycles. The molecule has 9 heteroatoms. The Balaban J connectivity index is 1.60. The van der Waals surface area contributed by atoms with Gasteiger partial charge in [0.05, 0.1) is 12.4 Å². The summed E-state index contributed by atoms with van der Waals surface area (Å²) in [6, 6.07) is 5.36. The Morgan fingerprint density at radius 2 is 2.17 bits per heavy atom. The fourth-order valence-electron chi connectivity index (χ4n) is 4.26. The molecule has 0 radical (unpaired) electrons. The predicted molar refractivity (Wildman–Crippen MR) is 115 cm³/mol. The number of allylic oxidation sites excluding steroid dienone is 2. The number of aliphatic carboxylic acids is 1. The van der Waals surface area contributed by atoms with Gasteiger partial charge < -0.3 is 14.4 Å². The van der Waals surface area contributed by atoms with Crippen LogP contribution in [0.1, 0.15) is 24.3 Å². The van der Waals surface area contributed by atoms with Gasteiger partial charge in [-0.2, -0.15) is 0 Å². The fourth-order valence-corrected chi connectivity index (χ4v) is 6.18.